The molecule has 0 radical (unpaired) electrons. The van der Waals surface area contributed by atoms with Gasteiger partial charge in [-0.2, -0.15) is 0 Å². The van der Waals surface area contributed by atoms with Crippen LogP contribution in [-0.2, 0) is 9.53 Å². The van der Waals surface area contributed by atoms with Crippen LogP contribution in [0.1, 0.15) is 36.8 Å². The first-order valence-corrected chi connectivity index (χ1v) is 10.0. The molecular formula is C21H33IN4O2. The lowest BCUT2D eigenvalue weighted by Gasteiger charge is -2.37. The van der Waals surface area contributed by atoms with Crippen molar-refractivity contribution < 1.29 is 9.53 Å². The number of piperazine rings is 1. The summed E-state index contributed by atoms with van der Waals surface area (Å²) >= 11 is 0. The minimum absolute atomic E-state index is 0. The zero-order valence-corrected chi connectivity index (χ0v) is 19.5. The number of aliphatic imine (C=N–C) groups is 1. The van der Waals surface area contributed by atoms with E-state index in [9.17, 15) is 4.79 Å². The number of hydrogen-bond acceptors (Lipinski definition) is 3. The summed E-state index contributed by atoms with van der Waals surface area (Å²) in [6, 6.07) is 8.70. The second-order valence-corrected chi connectivity index (χ2v) is 7.55. The Morgan fingerprint density at radius 2 is 1.86 bits per heavy atom. The molecule has 2 atom stereocenters. The van der Waals surface area contributed by atoms with Gasteiger partial charge in [0.15, 0.2) is 5.96 Å². The highest BCUT2D eigenvalue weighted by molar-refractivity contribution is 14.0. The molecule has 2 saturated heterocycles. The maximum absolute atomic E-state index is 12.5. The zero-order valence-electron chi connectivity index (χ0n) is 17.2. The van der Waals surface area contributed by atoms with E-state index in [-0.39, 0.29) is 36.0 Å². The summed E-state index contributed by atoms with van der Waals surface area (Å²) in [5.41, 5.74) is 2.61. The highest BCUT2D eigenvalue weighted by Gasteiger charge is 2.30. The van der Waals surface area contributed by atoms with Crippen molar-refractivity contribution in [2.45, 2.75) is 38.7 Å². The van der Waals surface area contributed by atoms with E-state index in [1.54, 1.807) is 0 Å². The van der Waals surface area contributed by atoms with E-state index in [0.717, 1.165) is 51.5 Å². The van der Waals surface area contributed by atoms with E-state index >= 15 is 0 Å². The number of aryl methyl sites for hydroxylation is 1. The van der Waals surface area contributed by atoms with Gasteiger partial charge < -0.3 is 19.9 Å². The molecule has 7 heteroatoms. The lowest BCUT2D eigenvalue weighted by atomic mass is 10.0. The van der Waals surface area contributed by atoms with E-state index in [2.05, 4.69) is 53.3 Å². The van der Waals surface area contributed by atoms with Gasteiger partial charge >= 0.3 is 0 Å². The maximum Gasteiger partial charge on any atom is 0.251 e. The molecule has 3 rings (SSSR count). The molecule has 2 heterocycles. The molecule has 0 aromatic heterocycles. The molecule has 1 aromatic rings. The molecule has 0 spiro atoms. The van der Waals surface area contributed by atoms with Crippen LogP contribution in [0.4, 0.5) is 0 Å². The van der Waals surface area contributed by atoms with E-state index in [0.29, 0.717) is 12.5 Å². The minimum Gasteiger partial charge on any atom is -0.368 e. The zero-order chi connectivity index (χ0) is 19.2. The Balaban J connectivity index is 0.00000280. The van der Waals surface area contributed by atoms with Crippen molar-refractivity contribution in [3.05, 3.63) is 35.4 Å². The molecule has 2 fully saturated rings. The third-order valence-electron chi connectivity index (χ3n) is 5.52. The second-order valence-electron chi connectivity index (χ2n) is 7.55. The van der Waals surface area contributed by atoms with Crippen LogP contribution < -0.4 is 5.32 Å². The molecule has 2 unspecified atom stereocenters. The molecule has 2 aliphatic heterocycles. The van der Waals surface area contributed by atoms with Crippen LogP contribution in [0.15, 0.2) is 29.3 Å². The highest BCUT2D eigenvalue weighted by atomic mass is 127. The van der Waals surface area contributed by atoms with Crippen molar-refractivity contribution >= 4 is 35.8 Å². The van der Waals surface area contributed by atoms with Crippen LogP contribution in [-0.4, -0.2) is 74.1 Å². The lowest BCUT2D eigenvalue weighted by Crippen LogP contribution is -2.55. The number of ether oxygens (including phenoxy) is 1. The van der Waals surface area contributed by atoms with Gasteiger partial charge in [0.05, 0.1) is 0 Å². The summed E-state index contributed by atoms with van der Waals surface area (Å²) in [6.07, 6.45) is 1.63. The van der Waals surface area contributed by atoms with Gasteiger partial charge in [0, 0.05) is 46.4 Å². The van der Waals surface area contributed by atoms with E-state index < -0.39 is 0 Å². The van der Waals surface area contributed by atoms with Crippen molar-refractivity contribution in [3.8, 4) is 0 Å². The van der Waals surface area contributed by atoms with Crippen molar-refractivity contribution in [1.82, 2.24) is 15.1 Å². The number of guanidine groups is 1. The number of rotatable bonds is 4. The predicted octanol–water partition coefficient (Wildman–Crippen LogP) is 2.62. The quantitative estimate of drug-likeness (QED) is 0.393. The molecule has 2 aliphatic rings. The van der Waals surface area contributed by atoms with Gasteiger partial charge in [-0.05, 0) is 31.2 Å². The average molecular weight is 500 g/mol. The molecule has 0 bridgehead atoms. The maximum atomic E-state index is 12.5. The summed E-state index contributed by atoms with van der Waals surface area (Å²) in [5, 5.41) is 3.50. The summed E-state index contributed by atoms with van der Waals surface area (Å²) in [6.45, 7) is 8.95. The van der Waals surface area contributed by atoms with Crippen LogP contribution in [0.2, 0.25) is 0 Å². The Labute approximate surface area is 185 Å². The van der Waals surface area contributed by atoms with Crippen molar-refractivity contribution in [1.29, 1.82) is 0 Å². The van der Waals surface area contributed by atoms with Gasteiger partial charge in [-0.25, -0.2) is 0 Å². The van der Waals surface area contributed by atoms with Gasteiger partial charge in [-0.15, -0.1) is 24.0 Å². The third kappa shape index (κ3) is 5.83. The summed E-state index contributed by atoms with van der Waals surface area (Å²) in [4.78, 5) is 21.1. The Kier molecular flexibility index (Phi) is 9.01. The number of hydrogen-bond donors (Lipinski definition) is 1. The second kappa shape index (κ2) is 11.0. The minimum atomic E-state index is -0.218. The van der Waals surface area contributed by atoms with E-state index in [1.165, 1.54) is 11.1 Å². The first kappa shape index (κ1) is 22.9. The van der Waals surface area contributed by atoms with Gasteiger partial charge in [-0.3, -0.25) is 9.79 Å². The van der Waals surface area contributed by atoms with Crippen molar-refractivity contribution in [3.63, 3.8) is 0 Å². The smallest absolute Gasteiger partial charge is 0.251 e. The van der Waals surface area contributed by atoms with Crippen LogP contribution in [0.25, 0.3) is 0 Å². The fourth-order valence-corrected chi connectivity index (χ4v) is 3.70. The van der Waals surface area contributed by atoms with Gasteiger partial charge in [0.25, 0.3) is 5.91 Å². The Hall–Kier alpha value is -1.35. The molecule has 0 aliphatic carbocycles. The number of carbonyl (C=O) groups excluding carboxylic acids is 1. The number of nitrogens with one attached hydrogen (secondary N) is 1. The molecule has 1 aromatic carbocycles. The summed E-state index contributed by atoms with van der Waals surface area (Å²) in [5.74, 6) is 1.48. The summed E-state index contributed by atoms with van der Waals surface area (Å²) in [7, 11) is 1.82. The number of amides is 1. The average Bonchev–Trinajstić information content (AvgIpc) is 3.23. The van der Waals surface area contributed by atoms with Crippen LogP contribution in [0, 0.1) is 6.92 Å². The Morgan fingerprint density at radius 1 is 1.21 bits per heavy atom. The van der Waals surface area contributed by atoms with Gasteiger partial charge in [-0.1, -0.05) is 36.8 Å². The largest absolute Gasteiger partial charge is 0.368 e. The Morgan fingerprint density at radius 3 is 2.43 bits per heavy atom. The first-order chi connectivity index (χ1) is 13.1. The van der Waals surface area contributed by atoms with Crippen molar-refractivity contribution in [2.75, 3.05) is 46.4 Å². The topological polar surface area (TPSA) is 57.2 Å². The molecule has 1 amide bonds. The third-order valence-corrected chi connectivity index (χ3v) is 5.52. The monoisotopic (exact) mass is 500 g/mol. The number of carbonyl (C=O) groups is 1. The number of benzene rings is 1. The molecular weight excluding hydrogens is 467 g/mol. The lowest BCUT2D eigenvalue weighted by molar-refractivity contribution is -0.142. The van der Waals surface area contributed by atoms with Crippen molar-refractivity contribution in [2.24, 2.45) is 4.99 Å². The standard InChI is InChI=1S/C21H32N4O2.HI/c1-16-6-8-18(9-7-16)17(2)15-23-21(22-3)25-12-10-24(11-13-25)20(26)19-5-4-14-27-19;/h6-9,17,19H,4-5,10-15H2,1-3H3,(H,22,23);1H. The van der Waals surface area contributed by atoms with Crippen LogP contribution >= 0.6 is 24.0 Å². The van der Waals surface area contributed by atoms with E-state index in [4.69, 9.17) is 4.74 Å². The normalized spacial score (nSPS) is 21.2. The fourth-order valence-electron chi connectivity index (χ4n) is 3.70. The van der Waals surface area contributed by atoms with Gasteiger partial charge in [0.2, 0.25) is 0 Å². The molecule has 1 N–H and O–H groups in total. The van der Waals surface area contributed by atoms with Crippen LogP contribution in [0.3, 0.4) is 0 Å². The summed E-state index contributed by atoms with van der Waals surface area (Å²) < 4.78 is 5.54. The van der Waals surface area contributed by atoms with E-state index in [1.807, 2.05) is 11.9 Å². The first-order valence-electron chi connectivity index (χ1n) is 10.0. The molecule has 28 heavy (non-hydrogen) atoms. The molecule has 156 valence electrons. The number of halogens is 1. The Bertz CT molecular complexity index is 651. The SMILES string of the molecule is CN=C(NCC(C)c1ccc(C)cc1)N1CCN(C(=O)C2CCCO2)CC1.I. The molecule has 6 nitrogen and oxygen atoms in total. The van der Waals surface area contributed by atoms with Gasteiger partial charge in [0.1, 0.15) is 6.10 Å². The highest BCUT2D eigenvalue weighted by Crippen LogP contribution is 2.17. The number of nitrogens with zero attached hydrogens (tertiary/aromatic N) is 3. The molecule has 0 saturated carbocycles. The predicted molar refractivity (Wildman–Crippen MR) is 123 cm³/mol. The fraction of sp³-hybridized carbons (Fsp3) is 0.619. The van der Waals surface area contributed by atoms with Crippen LogP contribution in [0.5, 0.6) is 0 Å².